The van der Waals surface area contributed by atoms with Crippen molar-refractivity contribution in [2.45, 2.75) is 19.8 Å². The zero-order valence-corrected chi connectivity index (χ0v) is 10.2. The van der Waals surface area contributed by atoms with Gasteiger partial charge in [0, 0.05) is 19.5 Å². The molecule has 1 aromatic carbocycles. The minimum absolute atomic E-state index is 0.0124. The Hall–Kier alpha value is -1.55. The van der Waals surface area contributed by atoms with Gasteiger partial charge < -0.3 is 15.8 Å². The van der Waals surface area contributed by atoms with E-state index in [1.54, 1.807) is 0 Å². The predicted molar refractivity (Wildman–Crippen MR) is 68.0 cm³/mol. The van der Waals surface area contributed by atoms with Gasteiger partial charge in [-0.15, -0.1) is 0 Å². The molecule has 94 valence electrons. The predicted octanol–water partition coefficient (Wildman–Crippen LogP) is 1.09. The normalized spacial score (nSPS) is 10.0. The number of hydrogen-bond donors (Lipinski definition) is 2. The van der Waals surface area contributed by atoms with Crippen molar-refractivity contribution in [1.82, 2.24) is 5.32 Å². The molecular formula is C13H20N2O2. The number of ether oxygens (including phenoxy) is 1. The van der Waals surface area contributed by atoms with E-state index in [-0.39, 0.29) is 5.91 Å². The molecule has 0 aliphatic rings. The van der Waals surface area contributed by atoms with E-state index in [0.29, 0.717) is 26.1 Å². The van der Waals surface area contributed by atoms with Crippen molar-refractivity contribution >= 4 is 5.91 Å². The Bertz CT molecular complexity index is 336. The first-order chi connectivity index (χ1) is 8.26. The lowest BCUT2D eigenvalue weighted by Crippen LogP contribution is -2.27. The molecule has 0 aliphatic carbocycles. The first-order valence-corrected chi connectivity index (χ1v) is 5.94. The second-order valence-corrected chi connectivity index (χ2v) is 3.72. The smallest absolute Gasteiger partial charge is 0.221 e. The molecule has 0 saturated carbocycles. The van der Waals surface area contributed by atoms with Gasteiger partial charge in [-0.2, -0.15) is 0 Å². The summed E-state index contributed by atoms with van der Waals surface area (Å²) in [6.45, 7) is 3.68. The Morgan fingerprint density at radius 2 is 2.06 bits per heavy atom. The highest BCUT2D eigenvalue weighted by Gasteiger charge is 1.99. The summed E-state index contributed by atoms with van der Waals surface area (Å²) in [5.74, 6) is 0.891. The summed E-state index contributed by atoms with van der Waals surface area (Å²) in [7, 11) is 0. The Morgan fingerprint density at radius 3 is 2.65 bits per heavy atom. The fraction of sp³-hybridized carbons (Fsp3) is 0.462. The van der Waals surface area contributed by atoms with Crippen LogP contribution in [0.25, 0.3) is 0 Å². The number of amides is 1. The highest BCUT2D eigenvalue weighted by molar-refractivity contribution is 5.75. The molecule has 0 spiro atoms. The second kappa shape index (κ2) is 7.68. The van der Waals surface area contributed by atoms with Crippen LogP contribution in [0.5, 0.6) is 5.75 Å². The molecule has 0 aliphatic heterocycles. The van der Waals surface area contributed by atoms with Crippen LogP contribution in [-0.2, 0) is 11.2 Å². The van der Waals surface area contributed by atoms with Gasteiger partial charge in [-0.1, -0.05) is 12.1 Å². The number of nitrogens with one attached hydrogen (secondary N) is 1. The van der Waals surface area contributed by atoms with Crippen LogP contribution in [0.4, 0.5) is 0 Å². The van der Waals surface area contributed by atoms with Gasteiger partial charge in [0.25, 0.3) is 0 Å². The zero-order valence-electron chi connectivity index (χ0n) is 10.2. The second-order valence-electron chi connectivity index (χ2n) is 3.72. The van der Waals surface area contributed by atoms with E-state index in [9.17, 15) is 4.79 Å². The molecule has 0 saturated heterocycles. The molecule has 1 rings (SSSR count). The van der Waals surface area contributed by atoms with Crippen LogP contribution in [0.2, 0.25) is 0 Å². The van der Waals surface area contributed by atoms with Gasteiger partial charge in [0.2, 0.25) is 5.91 Å². The van der Waals surface area contributed by atoms with E-state index in [1.807, 2.05) is 31.2 Å². The average molecular weight is 236 g/mol. The molecule has 4 heteroatoms. The molecule has 0 unspecified atom stereocenters. The fourth-order valence-corrected chi connectivity index (χ4v) is 1.48. The maximum absolute atomic E-state index is 11.2. The van der Waals surface area contributed by atoms with Crippen molar-refractivity contribution in [3.8, 4) is 5.75 Å². The summed E-state index contributed by atoms with van der Waals surface area (Å²) in [5, 5.41) is 2.82. The lowest BCUT2D eigenvalue weighted by atomic mass is 10.1. The summed E-state index contributed by atoms with van der Waals surface area (Å²) in [4.78, 5) is 11.2. The summed E-state index contributed by atoms with van der Waals surface area (Å²) in [5.41, 5.74) is 6.46. The van der Waals surface area contributed by atoms with Crippen LogP contribution >= 0.6 is 0 Å². The monoisotopic (exact) mass is 236 g/mol. The molecule has 3 N–H and O–H groups in total. The molecule has 1 aromatic rings. The number of hydrogen-bond acceptors (Lipinski definition) is 3. The van der Waals surface area contributed by atoms with Gasteiger partial charge in [-0.25, -0.2) is 0 Å². The molecule has 0 bridgehead atoms. The van der Waals surface area contributed by atoms with Crippen molar-refractivity contribution in [1.29, 1.82) is 0 Å². The number of carbonyl (C=O) groups excluding carboxylic acids is 1. The van der Waals surface area contributed by atoms with E-state index in [1.165, 1.54) is 5.56 Å². The lowest BCUT2D eigenvalue weighted by molar-refractivity contribution is -0.120. The molecular weight excluding hydrogens is 216 g/mol. The maximum atomic E-state index is 11.2. The zero-order chi connectivity index (χ0) is 12.5. The van der Waals surface area contributed by atoms with Crippen LogP contribution in [0.15, 0.2) is 24.3 Å². The Morgan fingerprint density at radius 1 is 1.35 bits per heavy atom. The van der Waals surface area contributed by atoms with Gasteiger partial charge in [-0.05, 0) is 31.0 Å². The van der Waals surface area contributed by atoms with Crippen molar-refractivity contribution in [2.75, 3.05) is 19.7 Å². The molecule has 0 fully saturated rings. The van der Waals surface area contributed by atoms with Gasteiger partial charge in [-0.3, -0.25) is 4.79 Å². The molecule has 0 radical (unpaired) electrons. The standard InChI is InChI=1S/C13H20N2O2/c1-2-17-12-5-3-11(4-6-12)8-10-15-13(16)7-9-14/h3-6H,2,7-10,14H2,1H3,(H,15,16). The Labute approximate surface area is 102 Å². The maximum Gasteiger partial charge on any atom is 0.221 e. The first-order valence-electron chi connectivity index (χ1n) is 5.94. The van der Waals surface area contributed by atoms with E-state index in [0.717, 1.165) is 12.2 Å². The lowest BCUT2D eigenvalue weighted by Gasteiger charge is -2.06. The molecule has 1 amide bonds. The van der Waals surface area contributed by atoms with E-state index in [4.69, 9.17) is 10.5 Å². The molecule has 4 nitrogen and oxygen atoms in total. The van der Waals surface area contributed by atoms with E-state index in [2.05, 4.69) is 5.32 Å². The average Bonchev–Trinajstić information content (AvgIpc) is 2.32. The summed E-state index contributed by atoms with van der Waals surface area (Å²) in [6.07, 6.45) is 1.21. The van der Waals surface area contributed by atoms with Crippen molar-refractivity contribution in [2.24, 2.45) is 5.73 Å². The third-order valence-electron chi connectivity index (χ3n) is 2.34. The Balaban J connectivity index is 2.29. The van der Waals surface area contributed by atoms with Crippen molar-refractivity contribution < 1.29 is 9.53 Å². The SMILES string of the molecule is CCOc1ccc(CCNC(=O)CCN)cc1. The van der Waals surface area contributed by atoms with Crippen LogP contribution < -0.4 is 15.8 Å². The van der Waals surface area contributed by atoms with Crippen molar-refractivity contribution in [3.63, 3.8) is 0 Å². The number of rotatable bonds is 7. The third kappa shape index (κ3) is 5.36. The summed E-state index contributed by atoms with van der Waals surface area (Å²) < 4.78 is 5.35. The molecule has 0 aromatic heterocycles. The summed E-state index contributed by atoms with van der Waals surface area (Å²) in [6, 6.07) is 7.92. The third-order valence-corrected chi connectivity index (χ3v) is 2.34. The number of benzene rings is 1. The summed E-state index contributed by atoms with van der Waals surface area (Å²) >= 11 is 0. The Kier molecular flexibility index (Phi) is 6.10. The largest absolute Gasteiger partial charge is 0.494 e. The van der Waals surface area contributed by atoms with Gasteiger partial charge >= 0.3 is 0 Å². The van der Waals surface area contributed by atoms with Crippen LogP contribution in [0.3, 0.4) is 0 Å². The van der Waals surface area contributed by atoms with E-state index >= 15 is 0 Å². The van der Waals surface area contributed by atoms with E-state index < -0.39 is 0 Å². The van der Waals surface area contributed by atoms with Gasteiger partial charge in [0.05, 0.1) is 6.61 Å². The topological polar surface area (TPSA) is 64.3 Å². The quantitative estimate of drug-likeness (QED) is 0.745. The highest BCUT2D eigenvalue weighted by atomic mass is 16.5. The van der Waals surface area contributed by atoms with Crippen molar-refractivity contribution in [3.05, 3.63) is 29.8 Å². The highest BCUT2D eigenvalue weighted by Crippen LogP contribution is 2.12. The number of nitrogens with two attached hydrogens (primary N) is 1. The van der Waals surface area contributed by atoms with Gasteiger partial charge in [0.15, 0.2) is 0 Å². The molecule has 0 atom stereocenters. The van der Waals surface area contributed by atoms with Gasteiger partial charge in [0.1, 0.15) is 5.75 Å². The first kappa shape index (κ1) is 13.5. The number of carbonyl (C=O) groups is 1. The van der Waals surface area contributed by atoms with Crippen LogP contribution in [0, 0.1) is 0 Å². The molecule has 17 heavy (non-hydrogen) atoms. The molecule has 0 heterocycles. The van der Waals surface area contributed by atoms with Crippen LogP contribution in [0.1, 0.15) is 18.9 Å². The fourth-order valence-electron chi connectivity index (χ4n) is 1.48. The minimum Gasteiger partial charge on any atom is -0.494 e. The minimum atomic E-state index is 0.0124. The van der Waals surface area contributed by atoms with Crippen LogP contribution in [-0.4, -0.2) is 25.6 Å².